The van der Waals surface area contributed by atoms with E-state index in [9.17, 15) is 4.79 Å². The predicted molar refractivity (Wildman–Crippen MR) is 126 cm³/mol. The highest BCUT2D eigenvalue weighted by Gasteiger charge is 2.18. The minimum atomic E-state index is -0.387. The lowest BCUT2D eigenvalue weighted by Crippen LogP contribution is -2.02. The van der Waals surface area contributed by atoms with Crippen molar-refractivity contribution in [2.45, 2.75) is 46.5 Å². The number of esters is 1. The second-order valence-corrected chi connectivity index (χ2v) is 8.00. The zero-order valence-corrected chi connectivity index (χ0v) is 19.1. The first-order chi connectivity index (χ1) is 15.5. The predicted octanol–water partition coefficient (Wildman–Crippen LogP) is 6.44. The zero-order valence-electron chi connectivity index (χ0n) is 19.1. The first kappa shape index (κ1) is 21.8. The highest BCUT2D eigenvalue weighted by atomic mass is 16.5. The van der Waals surface area contributed by atoms with Crippen molar-refractivity contribution in [3.05, 3.63) is 76.4 Å². The highest BCUT2D eigenvalue weighted by molar-refractivity contribution is 5.91. The summed E-state index contributed by atoms with van der Waals surface area (Å²) >= 11 is 0. The van der Waals surface area contributed by atoms with Crippen molar-refractivity contribution >= 4 is 11.5 Å². The molecule has 2 aromatic carbocycles. The normalized spacial score (nSPS) is 13.5. The van der Waals surface area contributed by atoms with Crippen LogP contribution in [0.1, 0.15) is 60.7 Å². The van der Waals surface area contributed by atoms with Gasteiger partial charge < -0.3 is 9.26 Å². The number of rotatable bonds is 6. The van der Waals surface area contributed by atoms with E-state index < -0.39 is 0 Å². The van der Waals surface area contributed by atoms with Crippen molar-refractivity contribution < 1.29 is 14.1 Å². The van der Waals surface area contributed by atoms with Crippen LogP contribution in [0.4, 0.5) is 0 Å². The molecule has 5 nitrogen and oxygen atoms in total. The number of ether oxygens (including phenoxy) is 1. The molecule has 3 aromatic rings. The Hall–Kier alpha value is -3.47. The summed E-state index contributed by atoms with van der Waals surface area (Å²) in [6.45, 7) is 6.43. The smallest absolute Gasteiger partial charge is 0.337 e. The van der Waals surface area contributed by atoms with Gasteiger partial charge in [-0.3, -0.25) is 0 Å². The molecule has 0 N–H and O–H groups in total. The van der Waals surface area contributed by atoms with E-state index in [1.165, 1.54) is 29.4 Å². The van der Waals surface area contributed by atoms with Crippen LogP contribution in [-0.2, 0) is 17.6 Å². The van der Waals surface area contributed by atoms with Crippen LogP contribution in [0.15, 0.2) is 58.6 Å². The molecule has 0 bridgehead atoms. The van der Waals surface area contributed by atoms with E-state index in [1.54, 1.807) is 12.1 Å². The molecule has 0 unspecified atom stereocenters. The average Bonchev–Trinajstić information content (AvgIpc) is 3.33. The summed E-state index contributed by atoms with van der Waals surface area (Å²) in [5, 5.41) is 4.22. The van der Waals surface area contributed by atoms with Gasteiger partial charge in [0, 0.05) is 11.1 Å². The minimum Gasteiger partial charge on any atom is -0.465 e. The molecular formula is C27H28N2O3. The number of methoxy groups -OCH3 is 1. The van der Waals surface area contributed by atoms with Gasteiger partial charge in [0.2, 0.25) is 5.82 Å². The quantitative estimate of drug-likeness (QED) is 0.423. The van der Waals surface area contributed by atoms with Gasteiger partial charge in [0.05, 0.1) is 12.7 Å². The zero-order chi connectivity index (χ0) is 22.7. The van der Waals surface area contributed by atoms with E-state index in [-0.39, 0.29) is 5.97 Å². The molecule has 1 heterocycles. The first-order valence-electron chi connectivity index (χ1n) is 11.1. The van der Waals surface area contributed by atoms with Crippen LogP contribution in [-0.4, -0.2) is 23.2 Å². The van der Waals surface area contributed by atoms with Gasteiger partial charge in [0.1, 0.15) is 0 Å². The average molecular weight is 429 g/mol. The fraction of sp³-hybridized carbons (Fsp3) is 0.296. The van der Waals surface area contributed by atoms with E-state index in [0.29, 0.717) is 17.3 Å². The third kappa shape index (κ3) is 4.15. The van der Waals surface area contributed by atoms with Crippen molar-refractivity contribution in [3.8, 4) is 22.8 Å². The van der Waals surface area contributed by atoms with Crippen molar-refractivity contribution in [1.29, 1.82) is 0 Å². The number of aryl methyl sites for hydroxylation is 2. The Morgan fingerprint density at radius 2 is 1.88 bits per heavy atom. The van der Waals surface area contributed by atoms with Gasteiger partial charge in [0.15, 0.2) is 0 Å². The fourth-order valence-electron chi connectivity index (χ4n) is 4.17. The second kappa shape index (κ2) is 9.35. The standard InChI is InChI=1S/C27H28N2O3/c1-5-18-11-12-21(27(30)31-4)16-24(18)25-28-26(32-29-25)20-13-14-23(19(6-2)15-20)22-10-8-7-9-17(22)3/h8,10-16H,5-7,9H2,1-4H3. The van der Waals surface area contributed by atoms with Gasteiger partial charge in [-0.25, -0.2) is 4.79 Å². The van der Waals surface area contributed by atoms with E-state index in [4.69, 9.17) is 9.26 Å². The lowest BCUT2D eigenvalue weighted by Gasteiger charge is -2.16. The molecule has 0 radical (unpaired) electrons. The van der Waals surface area contributed by atoms with Gasteiger partial charge in [-0.15, -0.1) is 0 Å². The van der Waals surface area contributed by atoms with E-state index in [2.05, 4.69) is 55.2 Å². The number of nitrogens with zero attached hydrogens (tertiary/aromatic N) is 2. The maximum Gasteiger partial charge on any atom is 0.337 e. The van der Waals surface area contributed by atoms with Gasteiger partial charge >= 0.3 is 5.97 Å². The number of benzene rings is 2. The number of hydrogen-bond donors (Lipinski definition) is 0. The van der Waals surface area contributed by atoms with Crippen LogP contribution in [0.5, 0.6) is 0 Å². The molecule has 0 aliphatic heterocycles. The molecule has 4 rings (SSSR count). The maximum atomic E-state index is 12.0. The maximum absolute atomic E-state index is 12.0. The summed E-state index contributed by atoms with van der Waals surface area (Å²) in [6, 6.07) is 11.8. The Labute approximate surface area is 188 Å². The monoisotopic (exact) mass is 428 g/mol. The van der Waals surface area contributed by atoms with Crippen molar-refractivity contribution in [2.75, 3.05) is 7.11 Å². The van der Waals surface area contributed by atoms with Gasteiger partial charge in [-0.05, 0) is 79.1 Å². The second-order valence-electron chi connectivity index (χ2n) is 8.00. The molecule has 32 heavy (non-hydrogen) atoms. The lowest BCUT2D eigenvalue weighted by atomic mass is 9.89. The largest absolute Gasteiger partial charge is 0.465 e. The van der Waals surface area contributed by atoms with E-state index in [1.807, 2.05) is 12.1 Å². The Balaban J connectivity index is 1.72. The SMILES string of the molecule is CCc1cc(-c2nc(-c3cc(C(=O)OC)ccc3CC)no2)ccc1C1=C(C)CCC=C1. The summed E-state index contributed by atoms with van der Waals surface area (Å²) < 4.78 is 10.5. The summed E-state index contributed by atoms with van der Waals surface area (Å²) in [5.74, 6) is 0.553. The van der Waals surface area contributed by atoms with Crippen LogP contribution >= 0.6 is 0 Å². The third-order valence-electron chi connectivity index (χ3n) is 6.03. The Morgan fingerprint density at radius 3 is 2.59 bits per heavy atom. The van der Waals surface area contributed by atoms with Crippen molar-refractivity contribution in [3.63, 3.8) is 0 Å². The molecule has 0 spiro atoms. The third-order valence-corrected chi connectivity index (χ3v) is 6.03. The van der Waals surface area contributed by atoms with E-state index >= 15 is 0 Å². The minimum absolute atomic E-state index is 0.387. The first-order valence-corrected chi connectivity index (χ1v) is 11.1. The Morgan fingerprint density at radius 1 is 1.06 bits per heavy atom. The molecule has 5 heteroatoms. The molecular weight excluding hydrogens is 400 g/mol. The van der Waals surface area contributed by atoms with Crippen molar-refractivity contribution in [2.24, 2.45) is 0 Å². The molecule has 0 fully saturated rings. The summed E-state index contributed by atoms with van der Waals surface area (Å²) in [7, 11) is 1.37. The molecule has 0 amide bonds. The summed E-state index contributed by atoms with van der Waals surface area (Å²) in [6.07, 6.45) is 8.39. The molecule has 0 atom stereocenters. The van der Waals surface area contributed by atoms with Crippen LogP contribution in [0.2, 0.25) is 0 Å². The molecule has 1 aliphatic rings. The van der Waals surface area contributed by atoms with Crippen LogP contribution in [0.25, 0.3) is 28.4 Å². The Kier molecular flexibility index (Phi) is 6.35. The number of carbonyl (C=O) groups excluding carboxylic acids is 1. The number of aromatic nitrogens is 2. The van der Waals surface area contributed by atoms with E-state index in [0.717, 1.165) is 42.4 Å². The fourth-order valence-corrected chi connectivity index (χ4v) is 4.17. The molecule has 164 valence electrons. The van der Waals surface area contributed by atoms with Gasteiger partial charge in [-0.1, -0.05) is 48.9 Å². The van der Waals surface area contributed by atoms with Crippen molar-refractivity contribution in [1.82, 2.24) is 10.1 Å². The summed E-state index contributed by atoms with van der Waals surface area (Å²) in [5.41, 5.74) is 8.45. The molecule has 1 aromatic heterocycles. The van der Waals surface area contributed by atoms with Gasteiger partial charge in [0.25, 0.3) is 5.89 Å². The lowest BCUT2D eigenvalue weighted by molar-refractivity contribution is 0.0600. The number of hydrogen-bond acceptors (Lipinski definition) is 5. The molecule has 0 saturated heterocycles. The molecule has 0 saturated carbocycles. The molecule has 1 aliphatic carbocycles. The topological polar surface area (TPSA) is 65.2 Å². The van der Waals surface area contributed by atoms with Crippen LogP contribution in [0.3, 0.4) is 0 Å². The number of carbonyl (C=O) groups is 1. The summed E-state index contributed by atoms with van der Waals surface area (Å²) in [4.78, 5) is 16.6. The van der Waals surface area contributed by atoms with Crippen LogP contribution in [0, 0.1) is 0 Å². The Bertz CT molecular complexity index is 1220. The number of allylic oxidation sites excluding steroid dienone is 4. The van der Waals surface area contributed by atoms with Gasteiger partial charge in [-0.2, -0.15) is 4.98 Å². The van der Waals surface area contributed by atoms with Crippen LogP contribution < -0.4 is 0 Å². The highest BCUT2D eigenvalue weighted by Crippen LogP contribution is 2.33.